The largest absolute Gasteiger partial charge is 0.343 e. The topological polar surface area (TPSA) is 17.8 Å². The second-order valence-electron chi connectivity index (χ2n) is 6.16. The third kappa shape index (κ3) is 1.74. The molecule has 5 aromatic rings. The maximum absolute atomic E-state index is 4.59. The molecule has 114 valence electrons. The van der Waals surface area contributed by atoms with Crippen LogP contribution in [0.4, 0.5) is 0 Å². The van der Waals surface area contributed by atoms with Gasteiger partial charge < -0.3 is 4.57 Å². The molecule has 0 aliphatic carbocycles. The second-order valence-corrected chi connectivity index (χ2v) is 6.16. The van der Waals surface area contributed by atoms with Crippen molar-refractivity contribution in [3.63, 3.8) is 0 Å². The Balaban J connectivity index is 2.06. The fraction of sp³-hybridized carbons (Fsp3) is 0.0455. The van der Waals surface area contributed by atoms with E-state index in [2.05, 4.69) is 77.3 Å². The smallest absolute Gasteiger partial charge is 0.0708 e. The molecule has 0 atom stereocenters. The normalized spacial score (nSPS) is 11.5. The number of rotatable bonds is 1. The molecule has 2 nitrogen and oxygen atoms in total. The molecule has 0 fully saturated rings. The summed E-state index contributed by atoms with van der Waals surface area (Å²) in [6, 6.07) is 25.6. The summed E-state index contributed by atoms with van der Waals surface area (Å²) in [6.45, 7) is 0. The van der Waals surface area contributed by atoms with Crippen molar-refractivity contribution >= 4 is 32.6 Å². The molecule has 0 aliphatic rings. The van der Waals surface area contributed by atoms with Crippen molar-refractivity contribution in [1.82, 2.24) is 9.55 Å². The van der Waals surface area contributed by atoms with E-state index in [9.17, 15) is 0 Å². The van der Waals surface area contributed by atoms with E-state index in [-0.39, 0.29) is 0 Å². The van der Waals surface area contributed by atoms with Gasteiger partial charge in [0, 0.05) is 40.5 Å². The monoisotopic (exact) mass is 308 g/mol. The zero-order valence-corrected chi connectivity index (χ0v) is 13.4. The third-order valence-electron chi connectivity index (χ3n) is 4.85. The molecule has 2 heteroatoms. The molecular weight excluding hydrogens is 292 g/mol. The number of pyridine rings is 1. The van der Waals surface area contributed by atoms with Gasteiger partial charge in [-0.3, -0.25) is 4.98 Å². The number of benzene rings is 3. The Hall–Kier alpha value is -3.13. The van der Waals surface area contributed by atoms with Gasteiger partial charge in [-0.25, -0.2) is 0 Å². The molecule has 0 saturated carbocycles. The molecular formula is C22H16N2. The Bertz CT molecular complexity index is 1200. The van der Waals surface area contributed by atoms with Crippen LogP contribution in [0, 0.1) is 0 Å². The molecule has 5 rings (SSSR count). The van der Waals surface area contributed by atoms with E-state index in [0.29, 0.717) is 0 Å². The van der Waals surface area contributed by atoms with E-state index in [0.717, 1.165) is 5.69 Å². The third-order valence-corrected chi connectivity index (χ3v) is 4.85. The summed E-state index contributed by atoms with van der Waals surface area (Å²) in [5.74, 6) is 0. The maximum Gasteiger partial charge on any atom is 0.0708 e. The summed E-state index contributed by atoms with van der Waals surface area (Å²) in [5, 5.41) is 5.09. The Labute approximate surface area is 140 Å². The average molecular weight is 308 g/mol. The fourth-order valence-corrected chi connectivity index (χ4v) is 3.78. The van der Waals surface area contributed by atoms with Crippen molar-refractivity contribution in [3.8, 4) is 11.3 Å². The lowest BCUT2D eigenvalue weighted by atomic mass is 9.98. The zero-order chi connectivity index (χ0) is 16.1. The van der Waals surface area contributed by atoms with Crippen LogP contribution >= 0.6 is 0 Å². The van der Waals surface area contributed by atoms with E-state index in [1.165, 1.54) is 38.1 Å². The highest BCUT2D eigenvalue weighted by atomic mass is 14.9. The first-order valence-electron chi connectivity index (χ1n) is 8.15. The maximum atomic E-state index is 4.59. The van der Waals surface area contributed by atoms with E-state index < -0.39 is 0 Å². The van der Waals surface area contributed by atoms with Crippen LogP contribution in [0.3, 0.4) is 0 Å². The van der Waals surface area contributed by atoms with Gasteiger partial charge in [0.05, 0.1) is 11.2 Å². The number of fused-ring (bicyclic) bond motifs is 5. The van der Waals surface area contributed by atoms with Crippen LogP contribution < -0.4 is 0 Å². The summed E-state index contributed by atoms with van der Waals surface area (Å²) in [5.41, 5.74) is 4.75. The lowest BCUT2D eigenvalue weighted by Gasteiger charge is -2.09. The molecule has 0 spiro atoms. The quantitative estimate of drug-likeness (QED) is 0.397. The Morgan fingerprint density at radius 3 is 2.21 bits per heavy atom. The number of nitrogens with zero attached hydrogens (tertiary/aromatic N) is 2. The minimum Gasteiger partial charge on any atom is -0.343 e. The molecule has 24 heavy (non-hydrogen) atoms. The molecule has 2 heterocycles. The highest BCUT2D eigenvalue weighted by molar-refractivity contribution is 6.21. The molecule has 2 aromatic heterocycles. The fourth-order valence-electron chi connectivity index (χ4n) is 3.78. The van der Waals surface area contributed by atoms with Gasteiger partial charge in [0.1, 0.15) is 0 Å². The van der Waals surface area contributed by atoms with Crippen LogP contribution in [0.2, 0.25) is 0 Å². The van der Waals surface area contributed by atoms with Gasteiger partial charge in [-0.15, -0.1) is 0 Å². The summed E-state index contributed by atoms with van der Waals surface area (Å²) >= 11 is 0. The van der Waals surface area contributed by atoms with Gasteiger partial charge >= 0.3 is 0 Å². The van der Waals surface area contributed by atoms with E-state index >= 15 is 0 Å². The lowest BCUT2D eigenvalue weighted by molar-refractivity contribution is 1.02. The molecule has 3 aromatic carbocycles. The summed E-state index contributed by atoms with van der Waals surface area (Å²) in [6.07, 6.45) is 1.86. The summed E-state index contributed by atoms with van der Waals surface area (Å²) in [4.78, 5) is 4.59. The van der Waals surface area contributed by atoms with Crippen LogP contribution in [0.25, 0.3) is 43.8 Å². The number of aryl methyl sites for hydroxylation is 1. The van der Waals surface area contributed by atoms with Crippen molar-refractivity contribution < 1.29 is 0 Å². The predicted molar refractivity (Wildman–Crippen MR) is 101 cm³/mol. The Morgan fingerprint density at radius 1 is 0.708 bits per heavy atom. The van der Waals surface area contributed by atoms with Gasteiger partial charge in [-0.2, -0.15) is 0 Å². The standard InChI is InChI=1S/C22H16N2/c1-24-21-12-5-4-9-16(21)19-14-18(20-11-6-7-13-23-20)15-8-2-3-10-17(15)22(19)24/h2-14H,1H3. The van der Waals surface area contributed by atoms with Crippen molar-refractivity contribution in [3.05, 3.63) is 79.0 Å². The van der Waals surface area contributed by atoms with Crippen LogP contribution in [-0.4, -0.2) is 9.55 Å². The Morgan fingerprint density at radius 2 is 1.42 bits per heavy atom. The average Bonchev–Trinajstić information content (AvgIpc) is 2.95. The minimum absolute atomic E-state index is 1.02. The van der Waals surface area contributed by atoms with Crippen LogP contribution in [-0.2, 0) is 7.05 Å². The van der Waals surface area contributed by atoms with Crippen molar-refractivity contribution in [2.45, 2.75) is 0 Å². The van der Waals surface area contributed by atoms with Crippen molar-refractivity contribution in [2.75, 3.05) is 0 Å². The second kappa shape index (κ2) is 4.93. The zero-order valence-electron chi connectivity index (χ0n) is 13.4. The van der Waals surface area contributed by atoms with Crippen molar-refractivity contribution in [2.24, 2.45) is 7.05 Å². The molecule has 0 bridgehead atoms. The first-order chi connectivity index (χ1) is 11.8. The first-order valence-corrected chi connectivity index (χ1v) is 8.15. The molecule has 0 unspecified atom stereocenters. The summed E-state index contributed by atoms with van der Waals surface area (Å²) in [7, 11) is 2.15. The molecule has 0 N–H and O–H groups in total. The highest BCUT2D eigenvalue weighted by Crippen LogP contribution is 2.38. The number of aromatic nitrogens is 2. The first kappa shape index (κ1) is 13.3. The van der Waals surface area contributed by atoms with Crippen molar-refractivity contribution in [1.29, 1.82) is 0 Å². The summed E-state index contributed by atoms with van der Waals surface area (Å²) < 4.78 is 2.30. The number of hydrogen-bond acceptors (Lipinski definition) is 1. The molecule has 0 aliphatic heterocycles. The predicted octanol–water partition coefficient (Wildman–Crippen LogP) is 5.55. The van der Waals surface area contributed by atoms with Gasteiger partial charge in [0.2, 0.25) is 0 Å². The van der Waals surface area contributed by atoms with E-state index in [4.69, 9.17) is 0 Å². The minimum atomic E-state index is 1.02. The highest BCUT2D eigenvalue weighted by Gasteiger charge is 2.14. The van der Waals surface area contributed by atoms with Gasteiger partial charge in [0.15, 0.2) is 0 Å². The Kier molecular flexibility index (Phi) is 2.74. The van der Waals surface area contributed by atoms with Gasteiger partial charge in [-0.05, 0) is 29.7 Å². The SMILES string of the molecule is Cn1c2ccccc2c2cc(-c3ccccn3)c3ccccc3c21. The lowest BCUT2D eigenvalue weighted by Crippen LogP contribution is -1.90. The number of hydrogen-bond donors (Lipinski definition) is 0. The molecule has 0 amide bonds. The van der Waals surface area contributed by atoms with Gasteiger partial charge in [0.25, 0.3) is 0 Å². The van der Waals surface area contributed by atoms with Crippen LogP contribution in [0.15, 0.2) is 79.0 Å². The van der Waals surface area contributed by atoms with Crippen LogP contribution in [0.1, 0.15) is 0 Å². The number of para-hydroxylation sites is 1. The molecule has 0 radical (unpaired) electrons. The molecule has 0 saturated heterocycles. The van der Waals surface area contributed by atoms with E-state index in [1.807, 2.05) is 18.3 Å². The van der Waals surface area contributed by atoms with Gasteiger partial charge in [-0.1, -0.05) is 48.5 Å². The van der Waals surface area contributed by atoms with E-state index in [1.54, 1.807) is 0 Å². The van der Waals surface area contributed by atoms with Crippen LogP contribution in [0.5, 0.6) is 0 Å².